The number of halogens is 1. The maximum Gasteiger partial charge on any atom is 0.214 e. The van der Waals surface area contributed by atoms with Crippen molar-refractivity contribution < 1.29 is 17.9 Å². The predicted octanol–water partition coefficient (Wildman–Crippen LogP) is 1.10. The summed E-state index contributed by atoms with van der Waals surface area (Å²) in [4.78, 5) is 0. The van der Waals surface area contributed by atoms with Crippen LogP contribution in [0, 0.1) is 17.7 Å². The third kappa shape index (κ3) is 3.57. The molecule has 108 valence electrons. The molecule has 4 nitrogen and oxygen atoms in total. The molecule has 1 aliphatic rings. The summed E-state index contributed by atoms with van der Waals surface area (Å²) in [5.74, 6) is 5.27. The molecule has 0 radical (unpaired) electrons. The van der Waals surface area contributed by atoms with E-state index in [1.54, 1.807) is 6.07 Å². The molecule has 0 unspecified atom stereocenters. The number of hydrogen-bond acceptors (Lipinski definition) is 3. The van der Waals surface area contributed by atoms with E-state index in [2.05, 4.69) is 11.8 Å². The summed E-state index contributed by atoms with van der Waals surface area (Å²) in [5.41, 5.74) is 1.16. The molecule has 0 saturated carbocycles. The Kier molecular flexibility index (Phi) is 4.76. The van der Waals surface area contributed by atoms with Crippen LogP contribution in [0.25, 0.3) is 0 Å². The minimum absolute atomic E-state index is 0.0574. The number of aliphatic hydroxyl groups excluding tert-OH is 1. The van der Waals surface area contributed by atoms with Crippen molar-refractivity contribution in [3.8, 4) is 11.8 Å². The fourth-order valence-corrected chi connectivity index (χ4v) is 3.57. The van der Waals surface area contributed by atoms with Gasteiger partial charge < -0.3 is 5.11 Å². The number of nitrogens with zero attached hydrogens (tertiary/aromatic N) is 1. The summed E-state index contributed by atoms with van der Waals surface area (Å²) in [6.45, 7) is 0.646. The molecule has 1 aliphatic heterocycles. The highest BCUT2D eigenvalue weighted by atomic mass is 32.2. The molecule has 0 spiro atoms. The van der Waals surface area contributed by atoms with Crippen molar-refractivity contribution in [2.75, 3.05) is 18.9 Å². The van der Waals surface area contributed by atoms with E-state index in [1.807, 2.05) is 0 Å². The van der Waals surface area contributed by atoms with Crippen molar-refractivity contribution in [3.05, 3.63) is 35.1 Å². The summed E-state index contributed by atoms with van der Waals surface area (Å²) >= 11 is 0. The van der Waals surface area contributed by atoms with Gasteiger partial charge >= 0.3 is 0 Å². The molecule has 2 rings (SSSR count). The summed E-state index contributed by atoms with van der Waals surface area (Å²) < 4.78 is 38.2. The van der Waals surface area contributed by atoms with Crippen LogP contribution >= 0.6 is 0 Å². The van der Waals surface area contributed by atoms with Crippen LogP contribution in [0.3, 0.4) is 0 Å². The molecule has 1 heterocycles. The maximum absolute atomic E-state index is 13.3. The van der Waals surface area contributed by atoms with Gasteiger partial charge in [-0.05, 0) is 24.1 Å². The van der Waals surface area contributed by atoms with Gasteiger partial charge in [-0.15, -0.1) is 0 Å². The minimum Gasteiger partial charge on any atom is -0.395 e. The predicted molar refractivity (Wildman–Crippen MR) is 73.8 cm³/mol. The lowest BCUT2D eigenvalue weighted by Crippen LogP contribution is -2.25. The highest BCUT2D eigenvalue weighted by Gasteiger charge is 2.28. The summed E-state index contributed by atoms with van der Waals surface area (Å²) in [6, 6.07) is 4.16. The third-order valence-corrected chi connectivity index (χ3v) is 4.98. The van der Waals surface area contributed by atoms with Gasteiger partial charge in [0.2, 0.25) is 10.0 Å². The standard InChI is InChI=1S/C14H16FNO3S/c15-14-6-5-13(12(10-14)4-1-2-8-17)11-16-7-3-9-20(16,18)19/h5-6,10,17H,2-3,7-9,11H2. The van der Waals surface area contributed by atoms with Gasteiger partial charge in [0, 0.05) is 25.1 Å². The van der Waals surface area contributed by atoms with Crippen LogP contribution in [0.5, 0.6) is 0 Å². The second kappa shape index (κ2) is 6.35. The molecule has 1 aromatic rings. The highest BCUT2D eigenvalue weighted by molar-refractivity contribution is 7.89. The summed E-state index contributed by atoms with van der Waals surface area (Å²) in [5, 5.41) is 8.70. The van der Waals surface area contributed by atoms with Crippen molar-refractivity contribution in [1.29, 1.82) is 0 Å². The van der Waals surface area contributed by atoms with Crippen molar-refractivity contribution in [2.24, 2.45) is 0 Å². The Bertz CT molecular complexity index is 646. The molecule has 6 heteroatoms. The first-order valence-electron chi connectivity index (χ1n) is 6.39. The van der Waals surface area contributed by atoms with Gasteiger partial charge in [0.25, 0.3) is 0 Å². The van der Waals surface area contributed by atoms with Crippen molar-refractivity contribution in [3.63, 3.8) is 0 Å². The number of sulfonamides is 1. The van der Waals surface area contributed by atoms with Crippen LogP contribution in [-0.2, 0) is 16.6 Å². The Morgan fingerprint density at radius 2 is 2.20 bits per heavy atom. The average molecular weight is 297 g/mol. The van der Waals surface area contributed by atoms with Gasteiger partial charge in [-0.25, -0.2) is 12.8 Å². The van der Waals surface area contributed by atoms with Gasteiger partial charge in [0.05, 0.1) is 12.4 Å². The number of benzene rings is 1. The van der Waals surface area contributed by atoms with E-state index in [0.29, 0.717) is 30.5 Å². The average Bonchev–Trinajstić information content (AvgIpc) is 2.72. The fourth-order valence-electron chi connectivity index (χ4n) is 2.08. The lowest BCUT2D eigenvalue weighted by atomic mass is 10.1. The Hall–Kier alpha value is -1.42. The quantitative estimate of drug-likeness (QED) is 0.850. The fraction of sp³-hybridized carbons (Fsp3) is 0.429. The van der Waals surface area contributed by atoms with E-state index in [1.165, 1.54) is 16.4 Å². The SMILES string of the molecule is O=S1(=O)CCCN1Cc1ccc(F)cc1C#CCCO. The molecule has 0 amide bonds. The van der Waals surface area contributed by atoms with Crippen LogP contribution in [0.15, 0.2) is 18.2 Å². The Labute approximate surface area is 118 Å². The zero-order valence-corrected chi connectivity index (χ0v) is 11.8. The van der Waals surface area contributed by atoms with E-state index in [0.717, 1.165) is 0 Å². The van der Waals surface area contributed by atoms with Crippen molar-refractivity contribution in [1.82, 2.24) is 4.31 Å². The lowest BCUT2D eigenvalue weighted by Gasteiger charge is -2.15. The molecule has 20 heavy (non-hydrogen) atoms. The van der Waals surface area contributed by atoms with E-state index in [4.69, 9.17) is 5.11 Å². The molecular weight excluding hydrogens is 281 g/mol. The van der Waals surface area contributed by atoms with Crippen LogP contribution in [0.1, 0.15) is 24.0 Å². The van der Waals surface area contributed by atoms with Gasteiger partial charge in [-0.3, -0.25) is 0 Å². The lowest BCUT2D eigenvalue weighted by molar-refractivity contribution is 0.305. The Morgan fingerprint density at radius 1 is 1.40 bits per heavy atom. The van der Waals surface area contributed by atoms with E-state index >= 15 is 0 Å². The van der Waals surface area contributed by atoms with Crippen LogP contribution in [0.4, 0.5) is 4.39 Å². The molecule has 0 atom stereocenters. The Balaban J connectivity index is 2.25. The Morgan fingerprint density at radius 3 is 2.85 bits per heavy atom. The number of hydrogen-bond donors (Lipinski definition) is 1. The van der Waals surface area contributed by atoms with Crippen molar-refractivity contribution >= 4 is 10.0 Å². The van der Waals surface area contributed by atoms with E-state index in [-0.39, 0.29) is 18.9 Å². The first-order valence-corrected chi connectivity index (χ1v) is 8.00. The summed E-state index contributed by atoms with van der Waals surface area (Å²) in [6.07, 6.45) is 0.924. The number of aliphatic hydroxyl groups is 1. The third-order valence-electron chi connectivity index (χ3n) is 3.08. The summed E-state index contributed by atoms with van der Waals surface area (Å²) in [7, 11) is -3.19. The zero-order valence-electron chi connectivity index (χ0n) is 11.0. The smallest absolute Gasteiger partial charge is 0.214 e. The maximum atomic E-state index is 13.3. The topological polar surface area (TPSA) is 57.6 Å². The van der Waals surface area contributed by atoms with Crippen LogP contribution in [0.2, 0.25) is 0 Å². The second-order valence-electron chi connectivity index (χ2n) is 4.58. The monoisotopic (exact) mass is 297 g/mol. The van der Waals surface area contributed by atoms with Crippen molar-refractivity contribution in [2.45, 2.75) is 19.4 Å². The molecule has 0 aliphatic carbocycles. The minimum atomic E-state index is -3.19. The molecule has 1 fully saturated rings. The molecule has 0 aromatic heterocycles. The zero-order chi connectivity index (χ0) is 14.6. The molecule has 1 saturated heterocycles. The van der Waals surface area contributed by atoms with Gasteiger partial charge in [0.15, 0.2) is 0 Å². The van der Waals surface area contributed by atoms with Gasteiger partial charge in [0.1, 0.15) is 5.82 Å². The van der Waals surface area contributed by atoms with E-state index in [9.17, 15) is 12.8 Å². The molecular formula is C14H16FNO3S. The largest absolute Gasteiger partial charge is 0.395 e. The first-order chi connectivity index (χ1) is 9.53. The van der Waals surface area contributed by atoms with Gasteiger partial charge in [-0.2, -0.15) is 4.31 Å². The molecule has 1 N–H and O–H groups in total. The molecule has 0 bridgehead atoms. The molecule has 1 aromatic carbocycles. The highest BCUT2D eigenvalue weighted by Crippen LogP contribution is 2.20. The number of rotatable bonds is 3. The van der Waals surface area contributed by atoms with Gasteiger partial charge in [-0.1, -0.05) is 17.9 Å². The first kappa shape index (κ1) is 15.0. The normalized spacial score (nSPS) is 17.7. The van der Waals surface area contributed by atoms with Crippen LogP contribution < -0.4 is 0 Å². The van der Waals surface area contributed by atoms with Crippen LogP contribution in [-0.4, -0.2) is 36.7 Å². The second-order valence-corrected chi connectivity index (χ2v) is 6.67. The van der Waals surface area contributed by atoms with E-state index < -0.39 is 15.8 Å².